The zero-order valence-corrected chi connectivity index (χ0v) is 7.66. The quantitative estimate of drug-likeness (QED) is 0.626. The third kappa shape index (κ3) is 1.34. The summed E-state index contributed by atoms with van der Waals surface area (Å²) >= 11 is 0. The van der Waals surface area contributed by atoms with Crippen LogP contribution in [0.15, 0.2) is 15.7 Å². The second kappa shape index (κ2) is 2.31. The molecular formula is C7H13NOS. The van der Waals surface area contributed by atoms with Crippen LogP contribution >= 0.6 is 10.0 Å². The first-order chi connectivity index (χ1) is 4.52. The number of rotatable bonds is 1. The summed E-state index contributed by atoms with van der Waals surface area (Å²) < 4.78 is 4.84. The molecule has 0 unspecified atom stereocenters. The molecule has 0 saturated heterocycles. The van der Waals surface area contributed by atoms with Crippen LogP contribution in [-0.4, -0.2) is 23.9 Å². The number of aromatic nitrogens is 1. The van der Waals surface area contributed by atoms with Crippen LogP contribution in [-0.2, 0) is 0 Å². The summed E-state index contributed by atoms with van der Waals surface area (Å²) in [4.78, 5) is 1.27. The SMILES string of the molecule is Cc1nocc1S(C)(C)C. The largest absolute Gasteiger partial charge is 0.363 e. The Balaban J connectivity index is 3.05. The number of hydrogen-bond acceptors (Lipinski definition) is 2. The fraction of sp³-hybridized carbons (Fsp3) is 0.571. The van der Waals surface area contributed by atoms with Crippen molar-refractivity contribution in [3.8, 4) is 0 Å². The van der Waals surface area contributed by atoms with E-state index in [4.69, 9.17) is 4.52 Å². The molecule has 0 saturated carbocycles. The Labute approximate surface area is 62.9 Å². The molecular weight excluding hydrogens is 146 g/mol. The standard InChI is InChI=1S/C7H13NOS/c1-6-7(5-9-8-6)10(2,3)4/h5H,1-4H3. The molecule has 2 nitrogen and oxygen atoms in total. The van der Waals surface area contributed by atoms with Crippen molar-refractivity contribution in [1.82, 2.24) is 5.16 Å². The summed E-state index contributed by atoms with van der Waals surface area (Å²) in [5, 5.41) is 3.83. The highest BCUT2D eigenvalue weighted by atomic mass is 32.3. The Kier molecular flexibility index (Phi) is 1.77. The van der Waals surface area contributed by atoms with Gasteiger partial charge < -0.3 is 4.52 Å². The lowest BCUT2D eigenvalue weighted by Crippen LogP contribution is -1.92. The normalized spacial score (nSPS) is 13.6. The van der Waals surface area contributed by atoms with Crippen molar-refractivity contribution in [3.05, 3.63) is 12.0 Å². The van der Waals surface area contributed by atoms with E-state index in [-0.39, 0.29) is 0 Å². The van der Waals surface area contributed by atoms with Crippen LogP contribution < -0.4 is 0 Å². The Morgan fingerprint density at radius 3 is 2.20 bits per heavy atom. The fourth-order valence-corrected chi connectivity index (χ4v) is 2.13. The van der Waals surface area contributed by atoms with Gasteiger partial charge in [-0.05, 0) is 25.7 Å². The van der Waals surface area contributed by atoms with Gasteiger partial charge >= 0.3 is 0 Å². The molecule has 3 heteroatoms. The predicted octanol–water partition coefficient (Wildman–Crippen LogP) is 2.04. The highest BCUT2D eigenvalue weighted by molar-refractivity contribution is 8.32. The molecule has 0 fully saturated rings. The smallest absolute Gasteiger partial charge is 0.136 e. The maximum absolute atomic E-state index is 4.84. The van der Waals surface area contributed by atoms with E-state index in [1.807, 2.05) is 6.92 Å². The van der Waals surface area contributed by atoms with Gasteiger partial charge in [0.2, 0.25) is 0 Å². The molecule has 0 radical (unpaired) electrons. The van der Waals surface area contributed by atoms with Crippen LogP contribution in [0.5, 0.6) is 0 Å². The number of aryl methyl sites for hydroxylation is 1. The van der Waals surface area contributed by atoms with Crippen LogP contribution in [0.2, 0.25) is 0 Å². The minimum Gasteiger partial charge on any atom is -0.363 e. The number of nitrogens with zero attached hydrogens (tertiary/aromatic N) is 1. The molecule has 0 aliphatic rings. The molecule has 1 heterocycles. The Morgan fingerprint density at radius 2 is 2.00 bits per heavy atom. The van der Waals surface area contributed by atoms with E-state index < -0.39 is 10.0 Å². The van der Waals surface area contributed by atoms with Crippen LogP contribution in [0.25, 0.3) is 0 Å². The fourth-order valence-electron chi connectivity index (χ4n) is 0.871. The minimum absolute atomic E-state index is 0.646. The van der Waals surface area contributed by atoms with Crippen LogP contribution in [0.3, 0.4) is 0 Å². The van der Waals surface area contributed by atoms with Gasteiger partial charge in [-0.15, -0.1) is 0 Å². The maximum atomic E-state index is 4.84. The third-order valence-electron chi connectivity index (χ3n) is 1.37. The van der Waals surface area contributed by atoms with Gasteiger partial charge in [-0.25, -0.2) is 10.0 Å². The average molecular weight is 159 g/mol. The van der Waals surface area contributed by atoms with Gasteiger partial charge in [-0.1, -0.05) is 5.16 Å². The van der Waals surface area contributed by atoms with Crippen LogP contribution in [0.4, 0.5) is 0 Å². The Bertz CT molecular complexity index is 224. The van der Waals surface area contributed by atoms with Crippen molar-refractivity contribution in [1.29, 1.82) is 0 Å². The van der Waals surface area contributed by atoms with E-state index in [1.165, 1.54) is 4.90 Å². The van der Waals surface area contributed by atoms with E-state index in [1.54, 1.807) is 6.26 Å². The van der Waals surface area contributed by atoms with E-state index >= 15 is 0 Å². The van der Waals surface area contributed by atoms with E-state index in [0.29, 0.717) is 0 Å². The van der Waals surface area contributed by atoms with Gasteiger partial charge in [0.1, 0.15) is 6.26 Å². The monoisotopic (exact) mass is 159 g/mol. The first-order valence-electron chi connectivity index (χ1n) is 3.11. The van der Waals surface area contributed by atoms with Crippen molar-refractivity contribution < 1.29 is 4.52 Å². The minimum atomic E-state index is -0.646. The van der Waals surface area contributed by atoms with E-state index in [9.17, 15) is 0 Å². The Hall–Kier alpha value is -0.440. The molecule has 0 bridgehead atoms. The molecule has 0 aliphatic carbocycles. The summed E-state index contributed by atoms with van der Waals surface area (Å²) in [6.07, 6.45) is 8.44. The van der Waals surface area contributed by atoms with Gasteiger partial charge in [-0.3, -0.25) is 0 Å². The molecule has 0 atom stereocenters. The molecule has 58 valence electrons. The summed E-state index contributed by atoms with van der Waals surface area (Å²) in [6.45, 7) is 1.98. The van der Waals surface area contributed by atoms with Gasteiger partial charge in [0.25, 0.3) is 0 Å². The summed E-state index contributed by atoms with van der Waals surface area (Å²) in [7, 11) is -0.646. The van der Waals surface area contributed by atoms with E-state index in [0.717, 1.165) is 5.69 Å². The molecule has 0 N–H and O–H groups in total. The number of hydrogen-bond donors (Lipinski definition) is 0. The molecule has 0 spiro atoms. The molecule has 1 aromatic rings. The molecule has 0 aliphatic heterocycles. The van der Waals surface area contributed by atoms with Crippen molar-refractivity contribution >= 4 is 10.0 Å². The zero-order valence-electron chi connectivity index (χ0n) is 6.84. The molecule has 0 aromatic carbocycles. The van der Waals surface area contributed by atoms with Gasteiger partial charge in [0, 0.05) is 0 Å². The lowest BCUT2D eigenvalue weighted by atomic mass is 10.5. The molecule has 0 amide bonds. The lowest BCUT2D eigenvalue weighted by molar-refractivity contribution is 0.413. The molecule has 1 rings (SSSR count). The van der Waals surface area contributed by atoms with Gasteiger partial charge in [0.05, 0.1) is 10.6 Å². The van der Waals surface area contributed by atoms with Crippen LogP contribution in [0.1, 0.15) is 5.69 Å². The summed E-state index contributed by atoms with van der Waals surface area (Å²) in [5.74, 6) is 0. The highest BCUT2D eigenvalue weighted by Crippen LogP contribution is 2.46. The zero-order chi connectivity index (χ0) is 7.78. The second-order valence-electron chi connectivity index (χ2n) is 3.10. The molecule has 10 heavy (non-hydrogen) atoms. The van der Waals surface area contributed by atoms with Crippen molar-refractivity contribution in [2.75, 3.05) is 18.8 Å². The van der Waals surface area contributed by atoms with Gasteiger partial charge in [0.15, 0.2) is 0 Å². The van der Waals surface area contributed by atoms with Crippen molar-refractivity contribution in [3.63, 3.8) is 0 Å². The lowest BCUT2D eigenvalue weighted by Gasteiger charge is -2.23. The molecule has 1 aromatic heterocycles. The highest BCUT2D eigenvalue weighted by Gasteiger charge is 2.13. The van der Waals surface area contributed by atoms with Crippen molar-refractivity contribution in [2.45, 2.75) is 11.8 Å². The summed E-state index contributed by atoms with van der Waals surface area (Å²) in [5.41, 5.74) is 1.03. The van der Waals surface area contributed by atoms with Crippen LogP contribution in [0, 0.1) is 6.92 Å². The summed E-state index contributed by atoms with van der Waals surface area (Å²) in [6, 6.07) is 0. The predicted molar refractivity (Wildman–Crippen MR) is 44.9 cm³/mol. The second-order valence-corrected chi connectivity index (χ2v) is 7.22. The Morgan fingerprint density at radius 1 is 1.40 bits per heavy atom. The van der Waals surface area contributed by atoms with Crippen molar-refractivity contribution in [2.24, 2.45) is 0 Å². The van der Waals surface area contributed by atoms with Gasteiger partial charge in [-0.2, -0.15) is 0 Å². The topological polar surface area (TPSA) is 26.0 Å². The van der Waals surface area contributed by atoms with E-state index in [2.05, 4.69) is 23.9 Å². The first-order valence-corrected chi connectivity index (χ1v) is 5.97. The third-order valence-corrected chi connectivity index (χ3v) is 3.08. The average Bonchev–Trinajstić information content (AvgIpc) is 2.11. The first kappa shape index (κ1) is 7.66. The maximum Gasteiger partial charge on any atom is 0.136 e.